The number of pyridine rings is 1. The topological polar surface area (TPSA) is 150 Å². The van der Waals surface area contributed by atoms with Gasteiger partial charge in [0.2, 0.25) is 29.5 Å². The van der Waals surface area contributed by atoms with Crippen LogP contribution < -0.4 is 21.3 Å². The summed E-state index contributed by atoms with van der Waals surface area (Å²) in [6.07, 6.45) is 3.91. The maximum atomic E-state index is 14.8. The number of benzene rings is 2. The molecule has 2 heterocycles. The first-order chi connectivity index (χ1) is 24.8. The molecule has 11 heteroatoms. The van der Waals surface area contributed by atoms with Gasteiger partial charge in [-0.3, -0.25) is 29.0 Å². The first-order valence-electron chi connectivity index (χ1n) is 18.2. The Kier molecular flexibility index (Phi) is 14.1. The van der Waals surface area contributed by atoms with E-state index in [0.717, 1.165) is 11.1 Å². The number of hydrogen-bond acceptors (Lipinski definition) is 6. The summed E-state index contributed by atoms with van der Waals surface area (Å²) in [5, 5.41) is 11.8. The van der Waals surface area contributed by atoms with Crippen molar-refractivity contribution >= 4 is 29.5 Å². The molecule has 0 saturated carbocycles. The lowest BCUT2D eigenvalue weighted by molar-refractivity contribution is -0.144. The van der Waals surface area contributed by atoms with Gasteiger partial charge in [-0.2, -0.15) is 0 Å². The number of carbonyl (C=O) groups excluding carboxylic acids is 5. The Morgan fingerprint density at radius 2 is 1.13 bits per heavy atom. The second-order valence-corrected chi connectivity index (χ2v) is 14.9. The van der Waals surface area contributed by atoms with E-state index in [4.69, 9.17) is 0 Å². The predicted octanol–water partition coefficient (Wildman–Crippen LogP) is 3.98. The third-order valence-corrected chi connectivity index (χ3v) is 9.35. The van der Waals surface area contributed by atoms with Gasteiger partial charge in [0, 0.05) is 31.8 Å². The Balaban J connectivity index is 1.91. The molecule has 52 heavy (non-hydrogen) atoms. The van der Waals surface area contributed by atoms with Gasteiger partial charge in [-0.15, -0.1) is 0 Å². The molecule has 0 aliphatic carbocycles. The normalized spacial score (nSPS) is 22.5. The number of hydrogen-bond donors (Lipinski definition) is 4. The largest absolute Gasteiger partial charge is 0.342 e. The van der Waals surface area contributed by atoms with Gasteiger partial charge in [-0.1, -0.05) is 108 Å². The Hall–Kier alpha value is -5.06. The molecule has 3 aromatic rings. The lowest BCUT2D eigenvalue weighted by Crippen LogP contribution is -2.59. The molecule has 278 valence electrons. The summed E-state index contributed by atoms with van der Waals surface area (Å²) in [4.78, 5) is 77.3. The fraction of sp³-hybridized carbons (Fsp3) is 0.463. The average Bonchev–Trinajstić information content (AvgIpc) is 3.10. The van der Waals surface area contributed by atoms with Crippen LogP contribution in [0.3, 0.4) is 0 Å². The van der Waals surface area contributed by atoms with E-state index >= 15 is 0 Å². The van der Waals surface area contributed by atoms with Gasteiger partial charge in [-0.05, 0) is 53.4 Å². The van der Waals surface area contributed by atoms with Crippen LogP contribution in [0.15, 0.2) is 85.2 Å². The number of amides is 5. The van der Waals surface area contributed by atoms with Crippen LogP contribution in [0.1, 0.15) is 77.0 Å². The van der Waals surface area contributed by atoms with Crippen molar-refractivity contribution in [3.63, 3.8) is 0 Å². The van der Waals surface area contributed by atoms with Gasteiger partial charge in [0.05, 0.1) is 0 Å². The molecular weight excluding hydrogens is 656 g/mol. The van der Waals surface area contributed by atoms with Gasteiger partial charge in [0.25, 0.3) is 0 Å². The van der Waals surface area contributed by atoms with E-state index in [9.17, 15) is 24.0 Å². The molecule has 5 atom stereocenters. The van der Waals surface area contributed by atoms with Crippen molar-refractivity contribution in [3.8, 4) is 0 Å². The number of nitrogens with zero attached hydrogens (tertiary/aromatic N) is 2. The third-order valence-electron chi connectivity index (χ3n) is 9.35. The Morgan fingerprint density at radius 1 is 0.615 bits per heavy atom. The molecule has 4 N–H and O–H groups in total. The number of rotatable bonds is 10. The first kappa shape index (κ1) is 39.7. The molecule has 1 saturated heterocycles. The molecule has 0 radical (unpaired) electrons. The molecule has 11 nitrogen and oxygen atoms in total. The Bertz CT molecular complexity index is 1610. The van der Waals surface area contributed by atoms with Crippen LogP contribution in [-0.2, 0) is 30.4 Å². The summed E-state index contributed by atoms with van der Waals surface area (Å²) >= 11 is 0. The average molecular weight is 711 g/mol. The van der Waals surface area contributed by atoms with Gasteiger partial charge in [0.15, 0.2) is 0 Å². The van der Waals surface area contributed by atoms with Crippen LogP contribution >= 0.6 is 0 Å². The van der Waals surface area contributed by atoms with E-state index in [1.165, 1.54) is 4.90 Å². The summed E-state index contributed by atoms with van der Waals surface area (Å²) in [7, 11) is 1.55. The van der Waals surface area contributed by atoms with Crippen LogP contribution in [0.25, 0.3) is 0 Å². The van der Waals surface area contributed by atoms with E-state index in [1.54, 1.807) is 25.5 Å². The van der Waals surface area contributed by atoms with Crippen LogP contribution in [0, 0.1) is 17.8 Å². The summed E-state index contributed by atoms with van der Waals surface area (Å²) in [5.74, 6) is -3.60. The van der Waals surface area contributed by atoms with Gasteiger partial charge in [-0.25, -0.2) is 0 Å². The zero-order valence-electron chi connectivity index (χ0n) is 31.3. The summed E-state index contributed by atoms with van der Waals surface area (Å²) < 4.78 is 0. The second-order valence-electron chi connectivity index (χ2n) is 14.9. The summed E-state index contributed by atoms with van der Waals surface area (Å²) in [6.45, 7) is 11.5. The molecule has 1 fully saturated rings. The number of likely N-dealkylation sites (N-methyl/N-ethyl adjacent to an activating group) is 1. The van der Waals surface area contributed by atoms with Crippen LogP contribution in [0.5, 0.6) is 0 Å². The van der Waals surface area contributed by atoms with Crippen molar-refractivity contribution in [2.24, 2.45) is 17.8 Å². The van der Waals surface area contributed by atoms with E-state index in [0.29, 0.717) is 12.0 Å². The Morgan fingerprint density at radius 3 is 1.65 bits per heavy atom. The molecule has 0 bridgehead atoms. The quantitative estimate of drug-likeness (QED) is 0.250. The first-order valence-corrected chi connectivity index (χ1v) is 18.2. The molecule has 4 rings (SSSR count). The van der Waals surface area contributed by atoms with Crippen LogP contribution in [0.4, 0.5) is 0 Å². The highest BCUT2D eigenvalue weighted by Crippen LogP contribution is 2.29. The van der Waals surface area contributed by atoms with Crippen LogP contribution in [0.2, 0.25) is 0 Å². The summed E-state index contributed by atoms with van der Waals surface area (Å²) in [6, 6.07) is 17.1. The van der Waals surface area contributed by atoms with Gasteiger partial charge in [0.1, 0.15) is 30.2 Å². The predicted molar refractivity (Wildman–Crippen MR) is 201 cm³/mol. The molecule has 1 aliphatic rings. The standard InChI is InChI=1S/C41H54N6O5/c1-25(2)21-31-38(49)46-35(34(29-16-10-8-11-17-29)30-18-12-9-13-19-30)39(50)43-32(23-28-15-14-20-42-24-28)37(48)45-33(22-26(3)4)41(52)47(7)36(27(5)6)40(51)44-31/h8-20,24-27,31-36H,21-23H2,1-7H3,(H,43,50)(H,44,51)(H,45,48)(H,46,49)/t31-,32+,33+,35+,36-/m0/s1. The molecule has 1 aromatic heterocycles. The van der Waals surface area contributed by atoms with E-state index in [-0.39, 0.29) is 30.6 Å². The number of carbonyl (C=O) groups is 5. The zero-order chi connectivity index (χ0) is 37.9. The van der Waals surface area contributed by atoms with Crippen molar-refractivity contribution < 1.29 is 24.0 Å². The fourth-order valence-electron chi connectivity index (χ4n) is 6.91. The fourth-order valence-corrected chi connectivity index (χ4v) is 6.91. The molecule has 0 spiro atoms. The second kappa shape index (κ2) is 18.4. The highest BCUT2D eigenvalue weighted by atomic mass is 16.2. The molecular formula is C41H54N6O5. The molecule has 5 amide bonds. The SMILES string of the molecule is CC(C)C[C@@H]1NC(=O)[C@H](C(C)C)N(C)C(=O)[C@@H](CC(C)C)NC(=O)[C@@H](Cc2cccnc2)NC(=O)[C@@H](C(c2ccccc2)c2ccccc2)NC1=O. The van der Waals surface area contributed by atoms with Crippen molar-refractivity contribution in [2.75, 3.05) is 7.05 Å². The lowest BCUT2D eigenvalue weighted by Gasteiger charge is -2.35. The minimum absolute atomic E-state index is 0.00224. The number of aromatic nitrogens is 1. The van der Waals surface area contributed by atoms with E-state index in [1.807, 2.05) is 108 Å². The highest BCUT2D eigenvalue weighted by molar-refractivity contribution is 5.98. The molecule has 2 aromatic carbocycles. The van der Waals surface area contributed by atoms with E-state index in [2.05, 4.69) is 26.3 Å². The lowest BCUT2D eigenvalue weighted by atomic mass is 9.84. The molecule has 1 aliphatic heterocycles. The maximum absolute atomic E-state index is 14.8. The zero-order valence-corrected chi connectivity index (χ0v) is 31.3. The molecule has 0 unspecified atom stereocenters. The third kappa shape index (κ3) is 10.5. The van der Waals surface area contributed by atoms with Crippen molar-refractivity contribution in [1.82, 2.24) is 31.2 Å². The summed E-state index contributed by atoms with van der Waals surface area (Å²) in [5.41, 5.74) is 2.24. The van der Waals surface area contributed by atoms with Crippen molar-refractivity contribution in [1.29, 1.82) is 0 Å². The number of nitrogens with one attached hydrogen (secondary N) is 4. The smallest absolute Gasteiger partial charge is 0.245 e. The van der Waals surface area contributed by atoms with E-state index < -0.39 is 65.7 Å². The monoisotopic (exact) mass is 710 g/mol. The Labute approximate surface area is 307 Å². The van der Waals surface area contributed by atoms with Crippen LogP contribution in [-0.4, -0.2) is 76.7 Å². The maximum Gasteiger partial charge on any atom is 0.245 e. The minimum Gasteiger partial charge on any atom is -0.342 e. The minimum atomic E-state index is -1.20. The van der Waals surface area contributed by atoms with Gasteiger partial charge >= 0.3 is 0 Å². The van der Waals surface area contributed by atoms with Crippen molar-refractivity contribution in [3.05, 3.63) is 102 Å². The highest BCUT2D eigenvalue weighted by Gasteiger charge is 2.40. The van der Waals surface area contributed by atoms with Crippen molar-refractivity contribution in [2.45, 2.75) is 96.9 Å². The van der Waals surface area contributed by atoms with Gasteiger partial charge < -0.3 is 26.2 Å².